The van der Waals surface area contributed by atoms with E-state index in [1.807, 2.05) is 6.92 Å². The Labute approximate surface area is 81.7 Å². The van der Waals surface area contributed by atoms with Gasteiger partial charge in [-0.2, -0.15) is 4.80 Å². The minimum Gasteiger partial charge on any atom is -0.320 e. The molecule has 7 nitrogen and oxygen atoms in total. The Balaban J connectivity index is 2.48. The number of nitrogens with two attached hydrogens (primary N) is 1. The number of hydrogen-bond acceptors (Lipinski definition) is 5. The van der Waals surface area contributed by atoms with Crippen molar-refractivity contribution in [1.29, 1.82) is 0 Å². The van der Waals surface area contributed by atoms with Crippen molar-refractivity contribution in [3.63, 3.8) is 0 Å². The first-order valence-electron chi connectivity index (χ1n) is 4.44. The number of tetrazole rings is 1. The van der Waals surface area contributed by atoms with Crippen LogP contribution in [-0.2, 0) is 11.8 Å². The van der Waals surface area contributed by atoms with Gasteiger partial charge in [0.15, 0.2) is 0 Å². The van der Waals surface area contributed by atoms with Gasteiger partial charge in [-0.3, -0.25) is 10.1 Å². The standard InChI is InChI=1S/C7H14N6O/c1-3-4-5(8)6(14)9-7-10-12-13(2)11-7/h5H,3-4,8H2,1-2H3,(H,9,11,14)/t5-/m0/s1. The molecule has 0 bridgehead atoms. The Morgan fingerprint density at radius 3 is 2.93 bits per heavy atom. The second-order valence-electron chi connectivity index (χ2n) is 2.99. The summed E-state index contributed by atoms with van der Waals surface area (Å²) >= 11 is 0. The van der Waals surface area contributed by atoms with E-state index in [2.05, 4.69) is 20.7 Å². The van der Waals surface area contributed by atoms with Gasteiger partial charge in [0.05, 0.1) is 13.1 Å². The molecule has 0 fully saturated rings. The molecule has 1 aromatic heterocycles. The molecule has 1 heterocycles. The molecule has 0 unspecified atom stereocenters. The average molecular weight is 198 g/mol. The molecule has 1 atom stereocenters. The number of rotatable bonds is 4. The molecule has 1 aromatic rings. The Bertz CT molecular complexity index is 309. The SMILES string of the molecule is CCC[C@H](N)C(=O)Nc1nnn(C)n1. The van der Waals surface area contributed by atoms with Gasteiger partial charge in [0.25, 0.3) is 5.95 Å². The van der Waals surface area contributed by atoms with Gasteiger partial charge in [0, 0.05) is 0 Å². The molecule has 0 aliphatic rings. The molecule has 0 radical (unpaired) electrons. The first-order valence-corrected chi connectivity index (χ1v) is 4.44. The number of aryl methyl sites for hydroxylation is 1. The highest BCUT2D eigenvalue weighted by Crippen LogP contribution is 1.98. The first-order chi connectivity index (χ1) is 6.63. The third-order valence-corrected chi connectivity index (χ3v) is 1.68. The van der Waals surface area contributed by atoms with Crippen LogP contribution in [0.15, 0.2) is 0 Å². The Hall–Kier alpha value is -1.50. The van der Waals surface area contributed by atoms with Crippen LogP contribution in [0.4, 0.5) is 5.95 Å². The van der Waals surface area contributed by atoms with Crippen molar-refractivity contribution in [2.24, 2.45) is 12.8 Å². The van der Waals surface area contributed by atoms with Gasteiger partial charge in [-0.25, -0.2) is 0 Å². The number of nitrogens with one attached hydrogen (secondary N) is 1. The molecule has 0 aromatic carbocycles. The lowest BCUT2D eigenvalue weighted by Gasteiger charge is -2.07. The lowest BCUT2D eigenvalue weighted by atomic mass is 10.2. The number of nitrogens with zero attached hydrogens (tertiary/aromatic N) is 4. The summed E-state index contributed by atoms with van der Waals surface area (Å²) in [6.07, 6.45) is 1.51. The van der Waals surface area contributed by atoms with E-state index in [1.54, 1.807) is 7.05 Å². The maximum absolute atomic E-state index is 11.4. The number of anilines is 1. The van der Waals surface area contributed by atoms with Crippen LogP contribution in [0.5, 0.6) is 0 Å². The molecule has 0 aliphatic carbocycles. The second kappa shape index (κ2) is 4.66. The lowest BCUT2D eigenvalue weighted by Crippen LogP contribution is -2.35. The number of hydrogen-bond donors (Lipinski definition) is 2. The van der Waals surface area contributed by atoms with Crippen LogP contribution in [-0.4, -0.2) is 32.2 Å². The minimum atomic E-state index is -0.510. The van der Waals surface area contributed by atoms with Gasteiger partial charge >= 0.3 is 0 Å². The number of carbonyl (C=O) groups excluding carboxylic acids is 1. The molecule has 0 spiro atoms. The topological polar surface area (TPSA) is 98.7 Å². The monoisotopic (exact) mass is 198 g/mol. The zero-order chi connectivity index (χ0) is 10.6. The second-order valence-corrected chi connectivity index (χ2v) is 2.99. The van der Waals surface area contributed by atoms with Crippen molar-refractivity contribution in [1.82, 2.24) is 20.2 Å². The summed E-state index contributed by atoms with van der Waals surface area (Å²) in [6, 6.07) is -0.510. The molecule has 0 saturated heterocycles. The number of aromatic nitrogens is 4. The van der Waals surface area contributed by atoms with E-state index in [9.17, 15) is 4.79 Å². The Morgan fingerprint density at radius 1 is 1.71 bits per heavy atom. The Kier molecular flexibility index (Phi) is 3.52. The number of amides is 1. The maximum atomic E-state index is 11.4. The zero-order valence-corrected chi connectivity index (χ0v) is 8.27. The van der Waals surface area contributed by atoms with Crippen LogP contribution < -0.4 is 11.1 Å². The van der Waals surface area contributed by atoms with Crippen LogP contribution in [0.1, 0.15) is 19.8 Å². The maximum Gasteiger partial charge on any atom is 0.270 e. The van der Waals surface area contributed by atoms with Crippen LogP contribution in [0.2, 0.25) is 0 Å². The third-order valence-electron chi connectivity index (χ3n) is 1.68. The van der Waals surface area contributed by atoms with E-state index in [0.717, 1.165) is 6.42 Å². The molecular weight excluding hydrogens is 184 g/mol. The van der Waals surface area contributed by atoms with Crippen molar-refractivity contribution in [3.05, 3.63) is 0 Å². The first kappa shape index (κ1) is 10.6. The van der Waals surface area contributed by atoms with Crippen LogP contribution in [0.25, 0.3) is 0 Å². The van der Waals surface area contributed by atoms with E-state index >= 15 is 0 Å². The van der Waals surface area contributed by atoms with Crippen LogP contribution in [0, 0.1) is 0 Å². The van der Waals surface area contributed by atoms with Crippen molar-refractivity contribution in [3.8, 4) is 0 Å². The molecule has 3 N–H and O–H groups in total. The smallest absolute Gasteiger partial charge is 0.270 e. The van der Waals surface area contributed by atoms with Crippen LogP contribution in [0.3, 0.4) is 0 Å². The van der Waals surface area contributed by atoms with Gasteiger partial charge in [0.1, 0.15) is 0 Å². The summed E-state index contributed by atoms with van der Waals surface area (Å²) in [7, 11) is 1.62. The molecule has 1 rings (SSSR count). The largest absolute Gasteiger partial charge is 0.320 e. The molecular formula is C7H14N6O. The van der Waals surface area contributed by atoms with Crippen molar-refractivity contribution < 1.29 is 4.79 Å². The minimum absolute atomic E-state index is 0.184. The molecule has 78 valence electrons. The van der Waals surface area contributed by atoms with Gasteiger partial charge in [-0.15, -0.1) is 5.10 Å². The fraction of sp³-hybridized carbons (Fsp3) is 0.714. The molecule has 14 heavy (non-hydrogen) atoms. The van der Waals surface area contributed by atoms with Crippen molar-refractivity contribution in [2.75, 3.05) is 5.32 Å². The highest BCUT2D eigenvalue weighted by Gasteiger charge is 2.14. The normalized spacial score (nSPS) is 12.5. The van der Waals surface area contributed by atoms with Gasteiger partial charge in [-0.1, -0.05) is 18.4 Å². The van der Waals surface area contributed by atoms with E-state index in [-0.39, 0.29) is 11.9 Å². The van der Waals surface area contributed by atoms with Gasteiger partial charge in [-0.05, 0) is 11.6 Å². The predicted octanol–water partition coefficient (Wildman–Crippen LogP) is -0.724. The fourth-order valence-corrected chi connectivity index (χ4v) is 0.979. The summed E-state index contributed by atoms with van der Waals surface area (Å²) < 4.78 is 0. The summed E-state index contributed by atoms with van der Waals surface area (Å²) in [4.78, 5) is 12.6. The third kappa shape index (κ3) is 2.77. The predicted molar refractivity (Wildman–Crippen MR) is 50.3 cm³/mol. The number of carbonyl (C=O) groups is 1. The van der Waals surface area contributed by atoms with Crippen molar-refractivity contribution in [2.45, 2.75) is 25.8 Å². The Morgan fingerprint density at radius 2 is 2.43 bits per heavy atom. The highest BCUT2D eigenvalue weighted by atomic mass is 16.2. The lowest BCUT2D eigenvalue weighted by molar-refractivity contribution is -0.117. The molecule has 7 heteroatoms. The molecule has 0 saturated carbocycles. The summed E-state index contributed by atoms with van der Waals surface area (Å²) in [6.45, 7) is 1.97. The van der Waals surface area contributed by atoms with E-state index in [4.69, 9.17) is 5.73 Å². The average Bonchev–Trinajstić information content (AvgIpc) is 2.51. The van der Waals surface area contributed by atoms with E-state index < -0.39 is 6.04 Å². The molecule has 0 aliphatic heterocycles. The summed E-state index contributed by atoms with van der Waals surface area (Å²) in [5.41, 5.74) is 5.59. The van der Waals surface area contributed by atoms with E-state index in [1.165, 1.54) is 4.80 Å². The van der Waals surface area contributed by atoms with Crippen LogP contribution >= 0.6 is 0 Å². The summed E-state index contributed by atoms with van der Waals surface area (Å²) in [5.74, 6) is -0.0936. The van der Waals surface area contributed by atoms with Crippen molar-refractivity contribution >= 4 is 11.9 Å². The highest BCUT2D eigenvalue weighted by molar-refractivity contribution is 5.92. The van der Waals surface area contributed by atoms with Gasteiger partial charge < -0.3 is 5.73 Å². The summed E-state index contributed by atoms with van der Waals surface area (Å²) in [5, 5.41) is 13.5. The molecule has 1 amide bonds. The fourth-order valence-electron chi connectivity index (χ4n) is 0.979. The van der Waals surface area contributed by atoms with E-state index in [0.29, 0.717) is 6.42 Å². The zero-order valence-electron chi connectivity index (χ0n) is 8.27. The quantitative estimate of drug-likeness (QED) is 0.665. The van der Waals surface area contributed by atoms with Gasteiger partial charge in [0.2, 0.25) is 5.91 Å².